The van der Waals surface area contributed by atoms with Crippen LogP contribution in [0.15, 0.2) is 18.3 Å². The Balaban J connectivity index is 2.77. The van der Waals surface area contributed by atoms with Crippen LogP contribution in [0, 0.1) is 0 Å². The number of aliphatic hydroxyl groups is 2. The minimum Gasteiger partial charge on any atom is -0.389 e. The van der Waals surface area contributed by atoms with E-state index in [9.17, 15) is 10.2 Å². The van der Waals surface area contributed by atoms with Crippen molar-refractivity contribution in [3.8, 4) is 0 Å². The molecular weight excluding hydrogens is 220 g/mol. The SMILES string of the molecule is COCC(O)CN(C)c1ncccc1C(C)O. The Morgan fingerprint density at radius 2 is 2.18 bits per heavy atom. The lowest BCUT2D eigenvalue weighted by molar-refractivity contribution is 0.0693. The van der Waals surface area contributed by atoms with Crippen molar-refractivity contribution in [1.82, 2.24) is 4.98 Å². The highest BCUT2D eigenvalue weighted by Gasteiger charge is 2.15. The Morgan fingerprint density at radius 3 is 2.76 bits per heavy atom. The third kappa shape index (κ3) is 3.96. The van der Waals surface area contributed by atoms with Gasteiger partial charge in [-0.3, -0.25) is 0 Å². The van der Waals surface area contributed by atoms with Crippen LogP contribution < -0.4 is 4.90 Å². The summed E-state index contributed by atoms with van der Waals surface area (Å²) in [4.78, 5) is 6.04. The van der Waals surface area contributed by atoms with Crippen LogP contribution in [-0.2, 0) is 4.74 Å². The minimum absolute atomic E-state index is 0.279. The van der Waals surface area contributed by atoms with Crippen molar-refractivity contribution in [3.63, 3.8) is 0 Å². The van der Waals surface area contributed by atoms with Crippen LogP contribution >= 0.6 is 0 Å². The maximum atomic E-state index is 9.65. The highest BCUT2D eigenvalue weighted by molar-refractivity contribution is 5.47. The molecule has 17 heavy (non-hydrogen) atoms. The van der Waals surface area contributed by atoms with Crippen LogP contribution in [-0.4, -0.2) is 48.6 Å². The van der Waals surface area contributed by atoms with Crippen LogP contribution in [0.4, 0.5) is 5.82 Å². The lowest BCUT2D eigenvalue weighted by atomic mass is 10.1. The number of pyridine rings is 1. The molecule has 2 N–H and O–H groups in total. The van der Waals surface area contributed by atoms with E-state index in [1.165, 1.54) is 0 Å². The molecule has 2 unspecified atom stereocenters. The molecule has 0 aromatic carbocycles. The Kier molecular flexibility index (Phi) is 5.34. The van der Waals surface area contributed by atoms with Crippen molar-refractivity contribution in [2.75, 3.05) is 32.2 Å². The lowest BCUT2D eigenvalue weighted by Gasteiger charge is -2.24. The molecule has 0 fully saturated rings. The summed E-state index contributed by atoms with van der Waals surface area (Å²) in [5.74, 6) is 0.678. The van der Waals surface area contributed by atoms with Gasteiger partial charge in [-0.25, -0.2) is 4.98 Å². The summed E-state index contributed by atoms with van der Waals surface area (Å²) in [6.45, 7) is 2.38. The van der Waals surface area contributed by atoms with Crippen molar-refractivity contribution in [2.24, 2.45) is 0 Å². The maximum Gasteiger partial charge on any atom is 0.134 e. The first-order valence-electron chi connectivity index (χ1n) is 5.57. The van der Waals surface area contributed by atoms with Gasteiger partial charge >= 0.3 is 0 Å². The second-order valence-corrected chi connectivity index (χ2v) is 4.08. The van der Waals surface area contributed by atoms with E-state index in [1.807, 2.05) is 18.0 Å². The van der Waals surface area contributed by atoms with Gasteiger partial charge in [0.1, 0.15) is 5.82 Å². The lowest BCUT2D eigenvalue weighted by Crippen LogP contribution is -2.33. The van der Waals surface area contributed by atoms with Gasteiger partial charge in [0.25, 0.3) is 0 Å². The molecule has 0 amide bonds. The van der Waals surface area contributed by atoms with Crippen molar-refractivity contribution < 1.29 is 14.9 Å². The van der Waals surface area contributed by atoms with Gasteiger partial charge in [0.15, 0.2) is 0 Å². The standard InChI is InChI=1S/C12H20N2O3/c1-9(15)11-5-4-6-13-12(11)14(2)7-10(16)8-17-3/h4-6,9-10,15-16H,7-8H2,1-3H3. The molecule has 0 saturated carbocycles. The Morgan fingerprint density at radius 1 is 1.47 bits per heavy atom. The van der Waals surface area contributed by atoms with Crippen molar-refractivity contribution >= 4 is 5.82 Å². The summed E-state index contributed by atoms with van der Waals surface area (Å²) in [6.07, 6.45) is 0.509. The number of likely N-dealkylation sites (N-methyl/N-ethyl adjacent to an activating group) is 1. The van der Waals surface area contributed by atoms with Crippen LogP contribution in [0.3, 0.4) is 0 Å². The largest absolute Gasteiger partial charge is 0.389 e. The summed E-state index contributed by atoms with van der Waals surface area (Å²) in [5, 5.41) is 19.3. The number of nitrogens with zero attached hydrogens (tertiary/aromatic N) is 2. The third-order valence-electron chi connectivity index (χ3n) is 2.47. The topological polar surface area (TPSA) is 65.8 Å². The Hall–Kier alpha value is -1.17. The smallest absolute Gasteiger partial charge is 0.134 e. The predicted octanol–water partition coefficient (Wildman–Crippen LogP) is 0.578. The number of aromatic nitrogens is 1. The second-order valence-electron chi connectivity index (χ2n) is 4.08. The van der Waals surface area contributed by atoms with Gasteiger partial charge in [0.05, 0.1) is 18.8 Å². The molecule has 1 aromatic rings. The van der Waals surface area contributed by atoms with Gasteiger partial charge in [-0.2, -0.15) is 0 Å². The number of methoxy groups -OCH3 is 1. The molecule has 5 nitrogen and oxygen atoms in total. The van der Waals surface area contributed by atoms with E-state index >= 15 is 0 Å². The summed E-state index contributed by atoms with van der Waals surface area (Å²) >= 11 is 0. The van der Waals surface area contributed by atoms with E-state index in [-0.39, 0.29) is 6.61 Å². The minimum atomic E-state index is -0.583. The first kappa shape index (κ1) is 13.9. The van der Waals surface area contributed by atoms with Gasteiger partial charge in [-0.1, -0.05) is 6.07 Å². The molecule has 1 rings (SSSR count). The molecule has 0 aliphatic rings. The van der Waals surface area contributed by atoms with Crippen LogP contribution in [0.25, 0.3) is 0 Å². The van der Waals surface area contributed by atoms with E-state index in [4.69, 9.17) is 4.74 Å². The normalized spacial score (nSPS) is 14.4. The zero-order chi connectivity index (χ0) is 12.8. The fraction of sp³-hybridized carbons (Fsp3) is 0.583. The average molecular weight is 240 g/mol. The Bertz CT molecular complexity index is 344. The summed E-state index contributed by atoms with van der Waals surface area (Å²) in [7, 11) is 3.37. The van der Waals surface area contributed by atoms with Crippen molar-refractivity contribution in [1.29, 1.82) is 0 Å². The summed E-state index contributed by atoms with van der Waals surface area (Å²) < 4.78 is 4.87. The molecule has 0 aliphatic heterocycles. The quantitative estimate of drug-likeness (QED) is 0.761. The van der Waals surface area contributed by atoms with E-state index in [0.717, 1.165) is 5.56 Å². The third-order valence-corrected chi connectivity index (χ3v) is 2.47. The number of hydrogen-bond acceptors (Lipinski definition) is 5. The van der Waals surface area contributed by atoms with Gasteiger partial charge in [-0.15, -0.1) is 0 Å². The highest BCUT2D eigenvalue weighted by atomic mass is 16.5. The molecular formula is C12H20N2O3. The molecule has 96 valence electrons. The Labute approximate surface area is 102 Å². The molecule has 2 atom stereocenters. The van der Waals surface area contributed by atoms with Gasteiger partial charge in [0.2, 0.25) is 0 Å². The van der Waals surface area contributed by atoms with Crippen LogP contribution in [0.2, 0.25) is 0 Å². The van der Waals surface area contributed by atoms with E-state index in [1.54, 1.807) is 26.3 Å². The molecule has 0 aliphatic carbocycles. The van der Waals surface area contributed by atoms with Gasteiger partial charge in [0, 0.05) is 32.5 Å². The zero-order valence-corrected chi connectivity index (χ0v) is 10.5. The molecule has 0 spiro atoms. The average Bonchev–Trinajstić information content (AvgIpc) is 2.29. The van der Waals surface area contributed by atoms with Crippen molar-refractivity contribution in [2.45, 2.75) is 19.1 Å². The first-order valence-corrected chi connectivity index (χ1v) is 5.57. The number of rotatable bonds is 6. The van der Waals surface area contributed by atoms with E-state index in [2.05, 4.69) is 4.98 Å². The number of aliphatic hydroxyl groups excluding tert-OH is 2. The molecule has 1 aromatic heterocycles. The van der Waals surface area contributed by atoms with E-state index in [0.29, 0.717) is 12.4 Å². The molecule has 0 radical (unpaired) electrons. The fourth-order valence-electron chi connectivity index (χ4n) is 1.70. The van der Waals surface area contributed by atoms with E-state index < -0.39 is 12.2 Å². The molecule has 0 saturated heterocycles. The number of ether oxygens (including phenoxy) is 1. The zero-order valence-electron chi connectivity index (χ0n) is 10.5. The highest BCUT2D eigenvalue weighted by Crippen LogP contribution is 2.22. The summed E-state index contributed by atoms with van der Waals surface area (Å²) in [5.41, 5.74) is 0.750. The monoisotopic (exact) mass is 240 g/mol. The predicted molar refractivity (Wildman–Crippen MR) is 66.0 cm³/mol. The number of anilines is 1. The first-order chi connectivity index (χ1) is 8.06. The van der Waals surface area contributed by atoms with Crippen LogP contribution in [0.5, 0.6) is 0 Å². The second kappa shape index (κ2) is 6.54. The number of hydrogen-bond donors (Lipinski definition) is 2. The molecule has 5 heteroatoms. The molecule has 1 heterocycles. The maximum absolute atomic E-state index is 9.65. The summed E-state index contributed by atoms with van der Waals surface area (Å²) in [6, 6.07) is 3.61. The van der Waals surface area contributed by atoms with Crippen LogP contribution in [0.1, 0.15) is 18.6 Å². The van der Waals surface area contributed by atoms with Gasteiger partial charge in [-0.05, 0) is 13.0 Å². The fourth-order valence-corrected chi connectivity index (χ4v) is 1.70. The van der Waals surface area contributed by atoms with Gasteiger partial charge < -0.3 is 19.8 Å². The van der Waals surface area contributed by atoms with Crippen molar-refractivity contribution in [3.05, 3.63) is 23.9 Å². The molecule has 0 bridgehead atoms.